The molecule has 0 saturated heterocycles. The summed E-state index contributed by atoms with van der Waals surface area (Å²) in [5.74, 6) is 0.840. The molecule has 1 atom stereocenters. The molecule has 0 aliphatic rings. The first-order chi connectivity index (χ1) is 11.2. The first kappa shape index (κ1) is 15.4. The van der Waals surface area contributed by atoms with Gasteiger partial charge >= 0.3 is 0 Å². The summed E-state index contributed by atoms with van der Waals surface area (Å²) in [6.07, 6.45) is 0. The monoisotopic (exact) mass is 308 g/mol. The fraction of sp³-hybridized carbons (Fsp3) is 0.263. The Kier molecular flexibility index (Phi) is 4.53. The number of para-hydroxylation sites is 1. The van der Waals surface area contributed by atoms with E-state index in [4.69, 9.17) is 4.98 Å². The van der Waals surface area contributed by atoms with E-state index in [1.807, 2.05) is 49.4 Å². The van der Waals surface area contributed by atoms with Crippen molar-refractivity contribution in [1.82, 2.24) is 9.55 Å². The molecule has 4 heteroatoms. The van der Waals surface area contributed by atoms with E-state index in [1.54, 1.807) is 4.57 Å². The van der Waals surface area contributed by atoms with Gasteiger partial charge in [-0.2, -0.15) is 0 Å². The number of nitrogens with two attached hydrogens (primary N) is 1. The zero-order chi connectivity index (χ0) is 16.2. The van der Waals surface area contributed by atoms with E-state index < -0.39 is 0 Å². The molecule has 0 radical (unpaired) electrons. The van der Waals surface area contributed by atoms with E-state index in [9.17, 15) is 4.79 Å². The normalized spacial score (nSPS) is 12.4. The molecule has 0 amide bonds. The van der Waals surface area contributed by atoms with Crippen LogP contribution in [0, 0.1) is 0 Å². The number of aromatic nitrogens is 2. The number of hydrogen-bond acceptors (Lipinski definition) is 2. The van der Waals surface area contributed by atoms with Crippen molar-refractivity contribution >= 4 is 10.9 Å². The first-order valence-electron chi connectivity index (χ1n) is 8.07. The van der Waals surface area contributed by atoms with Gasteiger partial charge in [0, 0.05) is 12.1 Å². The second-order valence-corrected chi connectivity index (χ2v) is 5.75. The lowest BCUT2D eigenvalue weighted by atomic mass is 10.2. The van der Waals surface area contributed by atoms with Gasteiger partial charge in [-0.15, -0.1) is 0 Å². The number of fused-ring (bicyclic) bond motifs is 1. The topological polar surface area (TPSA) is 51.5 Å². The average Bonchev–Trinajstić information content (AvgIpc) is 2.60. The van der Waals surface area contributed by atoms with Crippen molar-refractivity contribution in [2.75, 3.05) is 0 Å². The van der Waals surface area contributed by atoms with Crippen LogP contribution in [0.15, 0.2) is 59.4 Å². The Morgan fingerprint density at radius 3 is 2.52 bits per heavy atom. The van der Waals surface area contributed by atoms with Crippen molar-refractivity contribution in [3.8, 4) is 0 Å². The van der Waals surface area contributed by atoms with Crippen molar-refractivity contribution in [1.29, 1.82) is 0 Å². The maximum atomic E-state index is 12.7. The van der Waals surface area contributed by atoms with Gasteiger partial charge in [0.1, 0.15) is 12.6 Å². The Labute approximate surface area is 135 Å². The van der Waals surface area contributed by atoms with Crippen LogP contribution >= 0.6 is 0 Å². The highest BCUT2D eigenvalue weighted by molar-refractivity contribution is 5.77. The first-order valence-corrected chi connectivity index (χ1v) is 8.07. The molecule has 2 aromatic carbocycles. The van der Waals surface area contributed by atoms with Crippen molar-refractivity contribution in [2.24, 2.45) is 0 Å². The average molecular weight is 308 g/mol. The molecule has 3 aromatic rings. The molecule has 0 fully saturated rings. The summed E-state index contributed by atoms with van der Waals surface area (Å²) in [7, 11) is 0. The summed E-state index contributed by atoms with van der Waals surface area (Å²) in [6, 6.07) is 18.0. The Hall–Kier alpha value is -2.46. The van der Waals surface area contributed by atoms with Gasteiger partial charge in [-0.3, -0.25) is 9.36 Å². The summed E-state index contributed by atoms with van der Waals surface area (Å²) < 4.78 is 1.79. The zero-order valence-electron chi connectivity index (χ0n) is 13.6. The second-order valence-electron chi connectivity index (χ2n) is 5.75. The second kappa shape index (κ2) is 6.75. The van der Waals surface area contributed by atoms with E-state index in [0.29, 0.717) is 11.9 Å². The SMILES string of the molecule is CCn1c([C@@H](C)[NH2+]Cc2ccccc2)nc2ccccc2c1=O. The molecule has 0 aliphatic heterocycles. The molecular weight excluding hydrogens is 286 g/mol. The molecule has 0 unspecified atom stereocenters. The summed E-state index contributed by atoms with van der Waals surface area (Å²) in [6.45, 7) is 5.60. The third-order valence-corrected chi connectivity index (χ3v) is 4.16. The highest BCUT2D eigenvalue weighted by Crippen LogP contribution is 2.11. The van der Waals surface area contributed by atoms with Gasteiger partial charge in [0.2, 0.25) is 0 Å². The Balaban J connectivity index is 1.93. The van der Waals surface area contributed by atoms with Crippen LogP contribution in [0.5, 0.6) is 0 Å². The van der Waals surface area contributed by atoms with Crippen LogP contribution in [0.25, 0.3) is 10.9 Å². The minimum absolute atomic E-state index is 0.0491. The standard InChI is InChI=1S/C19H21N3O/c1-3-22-18(14(2)20-13-15-9-5-4-6-10-15)21-17-12-8-7-11-16(17)19(22)23/h4-12,14,20H,3,13H2,1-2H3/p+1/t14-/m1/s1. The molecule has 0 bridgehead atoms. The Bertz CT molecular complexity index is 855. The lowest BCUT2D eigenvalue weighted by Gasteiger charge is -2.16. The molecule has 1 aromatic heterocycles. The maximum absolute atomic E-state index is 12.7. The maximum Gasteiger partial charge on any atom is 0.261 e. The van der Waals surface area contributed by atoms with Gasteiger partial charge in [-0.05, 0) is 26.0 Å². The van der Waals surface area contributed by atoms with Gasteiger partial charge in [0.25, 0.3) is 5.56 Å². The predicted octanol–water partition coefficient (Wildman–Crippen LogP) is 2.24. The van der Waals surface area contributed by atoms with Crippen molar-refractivity contribution in [3.05, 3.63) is 76.3 Å². The molecule has 23 heavy (non-hydrogen) atoms. The fourth-order valence-corrected chi connectivity index (χ4v) is 2.87. The van der Waals surface area contributed by atoms with E-state index in [-0.39, 0.29) is 11.6 Å². The fourth-order valence-electron chi connectivity index (χ4n) is 2.87. The molecule has 118 valence electrons. The van der Waals surface area contributed by atoms with E-state index >= 15 is 0 Å². The quantitative estimate of drug-likeness (QED) is 0.786. The summed E-state index contributed by atoms with van der Waals surface area (Å²) in [5.41, 5.74) is 2.09. The largest absolute Gasteiger partial charge is 0.334 e. The molecule has 0 aliphatic carbocycles. The van der Waals surface area contributed by atoms with Crippen LogP contribution in [-0.4, -0.2) is 9.55 Å². The van der Waals surface area contributed by atoms with Gasteiger partial charge in [-0.25, -0.2) is 4.98 Å². The van der Waals surface area contributed by atoms with Crippen LogP contribution in [-0.2, 0) is 13.1 Å². The van der Waals surface area contributed by atoms with Crippen LogP contribution < -0.4 is 10.9 Å². The highest BCUT2D eigenvalue weighted by Gasteiger charge is 2.17. The molecular formula is C19H22N3O+. The van der Waals surface area contributed by atoms with Crippen LogP contribution in [0.4, 0.5) is 0 Å². The molecule has 3 rings (SSSR count). The van der Waals surface area contributed by atoms with E-state index in [1.165, 1.54) is 5.56 Å². The molecule has 2 N–H and O–H groups in total. The molecule has 1 heterocycles. The zero-order valence-corrected chi connectivity index (χ0v) is 13.6. The van der Waals surface area contributed by atoms with Crippen molar-refractivity contribution in [3.63, 3.8) is 0 Å². The van der Waals surface area contributed by atoms with Crippen molar-refractivity contribution in [2.45, 2.75) is 33.0 Å². The molecule has 0 spiro atoms. The van der Waals surface area contributed by atoms with E-state index in [0.717, 1.165) is 17.9 Å². The minimum atomic E-state index is 0.0491. The summed E-state index contributed by atoms with van der Waals surface area (Å²) in [5, 5.41) is 2.91. The third-order valence-electron chi connectivity index (χ3n) is 4.16. The summed E-state index contributed by atoms with van der Waals surface area (Å²) in [4.78, 5) is 17.4. The lowest BCUT2D eigenvalue weighted by Crippen LogP contribution is -2.83. The number of nitrogens with zero attached hydrogens (tertiary/aromatic N) is 2. The summed E-state index contributed by atoms with van der Waals surface area (Å²) >= 11 is 0. The smallest absolute Gasteiger partial charge is 0.261 e. The lowest BCUT2D eigenvalue weighted by molar-refractivity contribution is -0.709. The van der Waals surface area contributed by atoms with E-state index in [2.05, 4.69) is 24.4 Å². The minimum Gasteiger partial charge on any atom is -0.334 e. The highest BCUT2D eigenvalue weighted by atomic mass is 16.1. The van der Waals surface area contributed by atoms with Gasteiger partial charge in [0.15, 0.2) is 5.82 Å². The molecule has 0 saturated carbocycles. The predicted molar refractivity (Wildman–Crippen MR) is 92.2 cm³/mol. The molecule has 4 nitrogen and oxygen atoms in total. The Morgan fingerprint density at radius 1 is 1.09 bits per heavy atom. The Morgan fingerprint density at radius 2 is 1.78 bits per heavy atom. The van der Waals surface area contributed by atoms with Crippen LogP contribution in [0.1, 0.15) is 31.3 Å². The van der Waals surface area contributed by atoms with Gasteiger partial charge in [-0.1, -0.05) is 42.5 Å². The van der Waals surface area contributed by atoms with Crippen molar-refractivity contribution < 1.29 is 5.32 Å². The van der Waals surface area contributed by atoms with Gasteiger partial charge < -0.3 is 5.32 Å². The third kappa shape index (κ3) is 3.17. The van der Waals surface area contributed by atoms with Crippen LogP contribution in [0.2, 0.25) is 0 Å². The number of benzene rings is 2. The number of hydrogen-bond donors (Lipinski definition) is 1. The van der Waals surface area contributed by atoms with Crippen LogP contribution in [0.3, 0.4) is 0 Å². The number of quaternary nitrogens is 1. The number of rotatable bonds is 5. The van der Waals surface area contributed by atoms with Gasteiger partial charge in [0.05, 0.1) is 10.9 Å².